The topological polar surface area (TPSA) is 85.2 Å². The summed E-state index contributed by atoms with van der Waals surface area (Å²) in [5.74, 6) is 4.05. The Kier molecular flexibility index (Phi) is 2.92. The molecule has 0 saturated carbocycles. The van der Waals surface area contributed by atoms with Gasteiger partial charge in [-0.25, -0.2) is 4.79 Å². The van der Waals surface area contributed by atoms with Crippen molar-refractivity contribution in [3.8, 4) is 11.8 Å². The lowest BCUT2D eigenvalue weighted by atomic mass is 10.2. The number of nitrogens with two attached hydrogens (primary N) is 1. The molecule has 14 heavy (non-hydrogen) atoms. The Morgan fingerprint density at radius 3 is 2.93 bits per heavy atom. The zero-order chi connectivity index (χ0) is 10.6. The van der Waals surface area contributed by atoms with Crippen molar-refractivity contribution in [3.63, 3.8) is 0 Å². The quantitative estimate of drug-likeness (QED) is 0.428. The van der Waals surface area contributed by atoms with E-state index < -0.39 is 5.97 Å². The van der Waals surface area contributed by atoms with Crippen LogP contribution in [0.15, 0.2) is 17.1 Å². The lowest BCUT2D eigenvalue weighted by molar-refractivity contribution is -0.133. The molecule has 0 aliphatic carbocycles. The SMILES string of the molecule is COC(=O)C#Cc1c[nH]c(=O)c(N)c1. The van der Waals surface area contributed by atoms with Crippen molar-refractivity contribution in [2.75, 3.05) is 12.8 Å². The predicted octanol–water partition coefficient (Wildman–Crippen LogP) is -0.518. The van der Waals surface area contributed by atoms with Gasteiger partial charge in [-0.05, 0) is 6.07 Å². The van der Waals surface area contributed by atoms with Crippen LogP contribution < -0.4 is 11.3 Å². The van der Waals surface area contributed by atoms with E-state index in [1.807, 2.05) is 0 Å². The van der Waals surface area contributed by atoms with Gasteiger partial charge in [-0.1, -0.05) is 5.92 Å². The van der Waals surface area contributed by atoms with Crippen LogP contribution in [0.2, 0.25) is 0 Å². The van der Waals surface area contributed by atoms with Crippen LogP contribution >= 0.6 is 0 Å². The smallest absolute Gasteiger partial charge is 0.384 e. The fourth-order valence-electron chi connectivity index (χ4n) is 0.748. The van der Waals surface area contributed by atoms with Crippen LogP contribution in [0.1, 0.15) is 5.56 Å². The highest BCUT2D eigenvalue weighted by atomic mass is 16.5. The number of ether oxygens (including phenoxy) is 1. The molecule has 0 fully saturated rings. The molecule has 1 aromatic rings. The minimum Gasteiger partial charge on any atom is -0.459 e. The second-order valence-electron chi connectivity index (χ2n) is 2.41. The van der Waals surface area contributed by atoms with Gasteiger partial charge in [0.15, 0.2) is 0 Å². The summed E-state index contributed by atoms with van der Waals surface area (Å²) in [7, 11) is 1.23. The molecule has 1 rings (SSSR count). The van der Waals surface area contributed by atoms with Crippen LogP contribution in [-0.2, 0) is 9.53 Å². The average Bonchev–Trinajstić information content (AvgIpc) is 2.19. The number of methoxy groups -OCH3 is 1. The molecular weight excluding hydrogens is 184 g/mol. The summed E-state index contributed by atoms with van der Waals surface area (Å²) in [6.07, 6.45) is 1.37. The Morgan fingerprint density at radius 2 is 2.36 bits per heavy atom. The van der Waals surface area contributed by atoms with Gasteiger partial charge in [0.1, 0.15) is 0 Å². The van der Waals surface area contributed by atoms with Gasteiger partial charge >= 0.3 is 5.97 Å². The molecule has 0 aliphatic rings. The summed E-state index contributed by atoms with van der Waals surface area (Å²) in [5, 5.41) is 0. The molecule has 0 spiro atoms. The van der Waals surface area contributed by atoms with Crippen LogP contribution in [0.3, 0.4) is 0 Å². The van der Waals surface area contributed by atoms with E-state index in [2.05, 4.69) is 21.6 Å². The van der Waals surface area contributed by atoms with Gasteiger partial charge in [-0.15, -0.1) is 0 Å². The molecule has 5 nitrogen and oxygen atoms in total. The van der Waals surface area contributed by atoms with Crippen LogP contribution in [-0.4, -0.2) is 18.1 Å². The molecule has 0 aromatic carbocycles. The molecule has 0 atom stereocenters. The summed E-state index contributed by atoms with van der Waals surface area (Å²) in [6.45, 7) is 0. The van der Waals surface area contributed by atoms with Crippen LogP contribution in [0, 0.1) is 11.8 Å². The van der Waals surface area contributed by atoms with Crippen molar-refractivity contribution in [1.29, 1.82) is 0 Å². The van der Waals surface area contributed by atoms with E-state index in [1.165, 1.54) is 19.4 Å². The summed E-state index contributed by atoms with van der Waals surface area (Å²) < 4.78 is 4.31. The third kappa shape index (κ3) is 2.38. The van der Waals surface area contributed by atoms with E-state index in [-0.39, 0.29) is 11.2 Å². The van der Waals surface area contributed by atoms with Gasteiger partial charge in [0.05, 0.1) is 12.8 Å². The van der Waals surface area contributed by atoms with Crippen molar-refractivity contribution >= 4 is 11.7 Å². The van der Waals surface area contributed by atoms with E-state index in [9.17, 15) is 9.59 Å². The van der Waals surface area contributed by atoms with Crippen molar-refractivity contribution in [2.24, 2.45) is 0 Å². The molecular formula is C9H8N2O3. The molecule has 5 heteroatoms. The minimum atomic E-state index is -0.644. The fraction of sp³-hybridized carbons (Fsp3) is 0.111. The van der Waals surface area contributed by atoms with Gasteiger partial charge in [-0.2, -0.15) is 0 Å². The van der Waals surface area contributed by atoms with Crippen LogP contribution in [0.4, 0.5) is 5.69 Å². The number of nitrogens with one attached hydrogen (secondary N) is 1. The molecule has 0 unspecified atom stereocenters. The Labute approximate surface area is 79.9 Å². The van der Waals surface area contributed by atoms with Gasteiger partial charge in [-0.3, -0.25) is 4.79 Å². The summed E-state index contributed by atoms with van der Waals surface area (Å²) in [5.41, 5.74) is 5.46. The first-order valence-corrected chi connectivity index (χ1v) is 3.71. The van der Waals surface area contributed by atoms with Crippen LogP contribution in [0.5, 0.6) is 0 Å². The number of rotatable bonds is 0. The highest BCUT2D eigenvalue weighted by Crippen LogP contribution is 1.96. The molecule has 0 radical (unpaired) electrons. The molecule has 3 N–H and O–H groups in total. The van der Waals surface area contributed by atoms with E-state index in [1.54, 1.807) is 0 Å². The number of carbonyl (C=O) groups excluding carboxylic acids is 1. The zero-order valence-corrected chi connectivity index (χ0v) is 7.46. The maximum atomic E-state index is 10.8. The van der Waals surface area contributed by atoms with Gasteiger partial charge in [0.25, 0.3) is 5.56 Å². The second kappa shape index (κ2) is 4.14. The number of pyridine rings is 1. The predicted molar refractivity (Wildman–Crippen MR) is 50.4 cm³/mol. The molecule has 1 aromatic heterocycles. The lowest BCUT2D eigenvalue weighted by Gasteiger charge is -1.92. The number of hydrogen-bond acceptors (Lipinski definition) is 4. The normalized spacial score (nSPS) is 8.64. The number of H-pyrrole nitrogens is 1. The first-order valence-electron chi connectivity index (χ1n) is 3.71. The van der Waals surface area contributed by atoms with Gasteiger partial charge in [0, 0.05) is 17.7 Å². The number of carbonyl (C=O) groups is 1. The van der Waals surface area contributed by atoms with E-state index in [0.29, 0.717) is 5.56 Å². The van der Waals surface area contributed by atoms with E-state index in [4.69, 9.17) is 5.73 Å². The molecule has 0 aliphatic heterocycles. The van der Waals surface area contributed by atoms with Crippen molar-refractivity contribution in [3.05, 3.63) is 28.2 Å². The first kappa shape index (κ1) is 9.86. The third-order valence-corrected chi connectivity index (χ3v) is 1.43. The largest absolute Gasteiger partial charge is 0.459 e. The summed E-state index contributed by atoms with van der Waals surface area (Å²) in [6, 6.07) is 1.38. The van der Waals surface area contributed by atoms with Crippen molar-refractivity contribution < 1.29 is 9.53 Å². The molecule has 0 bridgehead atoms. The number of hydrogen-bond donors (Lipinski definition) is 2. The summed E-state index contributed by atoms with van der Waals surface area (Å²) in [4.78, 5) is 23.9. The van der Waals surface area contributed by atoms with Gasteiger partial charge < -0.3 is 15.5 Å². The maximum absolute atomic E-state index is 10.8. The Bertz CT molecular complexity index is 465. The number of nitrogen functional groups attached to an aromatic ring is 1. The second-order valence-corrected chi connectivity index (χ2v) is 2.41. The monoisotopic (exact) mass is 192 g/mol. The van der Waals surface area contributed by atoms with Gasteiger partial charge in [0.2, 0.25) is 0 Å². The number of aromatic nitrogens is 1. The highest BCUT2D eigenvalue weighted by Gasteiger charge is 1.95. The van der Waals surface area contributed by atoms with E-state index in [0.717, 1.165) is 0 Å². The van der Waals surface area contributed by atoms with E-state index >= 15 is 0 Å². The summed E-state index contributed by atoms with van der Waals surface area (Å²) >= 11 is 0. The van der Waals surface area contributed by atoms with Crippen LogP contribution in [0.25, 0.3) is 0 Å². The number of aromatic amines is 1. The Balaban J connectivity index is 2.97. The Hall–Kier alpha value is -2.22. The molecule has 72 valence electrons. The lowest BCUT2D eigenvalue weighted by Crippen LogP contribution is -2.10. The first-order chi connectivity index (χ1) is 6.63. The minimum absolute atomic E-state index is 0.0571. The highest BCUT2D eigenvalue weighted by molar-refractivity contribution is 5.89. The zero-order valence-electron chi connectivity index (χ0n) is 7.46. The van der Waals surface area contributed by atoms with Crippen molar-refractivity contribution in [1.82, 2.24) is 4.98 Å². The maximum Gasteiger partial charge on any atom is 0.384 e. The standard InChI is InChI=1S/C9H8N2O3/c1-14-8(12)3-2-6-4-7(10)9(13)11-5-6/h4-5H,10H2,1H3,(H,11,13). The number of anilines is 1. The third-order valence-electron chi connectivity index (χ3n) is 1.43. The number of esters is 1. The average molecular weight is 192 g/mol. The molecule has 0 saturated heterocycles. The Morgan fingerprint density at radius 1 is 1.64 bits per heavy atom. The molecule has 1 heterocycles. The fourth-order valence-corrected chi connectivity index (χ4v) is 0.748. The molecule has 0 amide bonds. The van der Waals surface area contributed by atoms with Crippen molar-refractivity contribution in [2.45, 2.75) is 0 Å².